The average molecular weight is 203 g/mol. The van der Waals surface area contributed by atoms with Gasteiger partial charge in [0.25, 0.3) is 0 Å². The summed E-state index contributed by atoms with van der Waals surface area (Å²) in [6, 6.07) is 7.69. The second kappa shape index (κ2) is 3.20. The van der Waals surface area contributed by atoms with E-state index in [1.807, 2.05) is 18.2 Å². The van der Waals surface area contributed by atoms with Crippen molar-refractivity contribution in [2.24, 2.45) is 0 Å². The lowest BCUT2D eigenvalue weighted by atomic mass is 10.1. The molecular weight excluding hydrogens is 194 g/mol. The van der Waals surface area contributed by atoms with Gasteiger partial charge >= 0.3 is 0 Å². The zero-order valence-electron chi connectivity index (χ0n) is 7.45. The first-order chi connectivity index (χ1) is 6.72. The first kappa shape index (κ1) is 8.85. The Kier molecular flexibility index (Phi) is 2.02. The fourth-order valence-corrected chi connectivity index (χ4v) is 2.41. The molecule has 1 heterocycles. The molecule has 2 aromatic rings. The lowest BCUT2D eigenvalue weighted by Crippen LogP contribution is -1.88. The van der Waals surface area contributed by atoms with E-state index in [0.29, 0.717) is 6.42 Å². The van der Waals surface area contributed by atoms with Crippen molar-refractivity contribution >= 4 is 32.1 Å². The molecule has 70 valence electrons. The minimum Gasteiger partial charge on any atom is -0.398 e. The maximum atomic E-state index is 8.65. The van der Waals surface area contributed by atoms with Gasteiger partial charge in [0.05, 0.1) is 17.5 Å². The number of hydrogen-bond donors (Lipinski definition) is 2. The zero-order valence-corrected chi connectivity index (χ0v) is 8.27. The Morgan fingerprint density at radius 1 is 1.36 bits per heavy atom. The molecule has 1 aromatic heterocycles. The van der Waals surface area contributed by atoms with Crippen LogP contribution in [0.5, 0.6) is 0 Å². The molecule has 0 aliphatic carbocycles. The minimum atomic E-state index is 0.400. The van der Waals surface area contributed by atoms with E-state index >= 15 is 0 Å². The Morgan fingerprint density at radius 3 is 2.86 bits per heavy atom. The molecule has 4 heteroatoms. The molecule has 0 aliphatic rings. The molecule has 0 spiro atoms. The third-order valence-electron chi connectivity index (χ3n) is 2.09. The predicted molar refractivity (Wildman–Crippen MR) is 60.0 cm³/mol. The molecule has 0 saturated heterocycles. The molecular formula is C10H9N3S. The lowest BCUT2D eigenvalue weighted by Gasteiger charge is -1.99. The Labute approximate surface area is 85.6 Å². The molecule has 0 saturated carbocycles. The highest BCUT2D eigenvalue weighted by Gasteiger charge is 2.07. The van der Waals surface area contributed by atoms with Crippen molar-refractivity contribution in [2.45, 2.75) is 6.42 Å². The molecule has 4 N–H and O–H groups in total. The number of rotatable bonds is 1. The van der Waals surface area contributed by atoms with Crippen molar-refractivity contribution in [1.82, 2.24) is 0 Å². The normalized spacial score (nSPS) is 10.2. The smallest absolute Gasteiger partial charge is 0.0869 e. The van der Waals surface area contributed by atoms with E-state index in [1.165, 1.54) is 11.3 Å². The Morgan fingerprint density at radius 2 is 2.14 bits per heavy atom. The number of thiophene rings is 1. The van der Waals surface area contributed by atoms with E-state index in [4.69, 9.17) is 16.7 Å². The van der Waals surface area contributed by atoms with Crippen LogP contribution in [0.25, 0.3) is 10.1 Å². The van der Waals surface area contributed by atoms with Gasteiger partial charge < -0.3 is 11.5 Å². The van der Waals surface area contributed by atoms with Crippen LogP contribution in [0, 0.1) is 11.3 Å². The monoisotopic (exact) mass is 203 g/mol. The molecule has 0 bridgehead atoms. The van der Waals surface area contributed by atoms with Crippen LogP contribution in [-0.2, 0) is 6.42 Å². The van der Waals surface area contributed by atoms with Crippen LogP contribution >= 0.6 is 11.3 Å². The number of hydrogen-bond acceptors (Lipinski definition) is 4. The SMILES string of the molecule is N#CCc1ccc(N)c2cc(N)sc12. The number of benzene rings is 1. The summed E-state index contributed by atoms with van der Waals surface area (Å²) in [5, 5.41) is 10.3. The lowest BCUT2D eigenvalue weighted by molar-refractivity contribution is 1.29. The van der Waals surface area contributed by atoms with Crippen LogP contribution in [0.2, 0.25) is 0 Å². The Hall–Kier alpha value is -1.73. The summed E-state index contributed by atoms with van der Waals surface area (Å²) in [7, 11) is 0. The fraction of sp³-hybridized carbons (Fsp3) is 0.100. The molecule has 3 nitrogen and oxygen atoms in total. The number of anilines is 2. The number of nitrogens with two attached hydrogens (primary N) is 2. The third-order valence-corrected chi connectivity index (χ3v) is 3.13. The van der Waals surface area contributed by atoms with E-state index in [0.717, 1.165) is 26.3 Å². The third kappa shape index (κ3) is 1.28. The molecule has 0 radical (unpaired) electrons. The highest BCUT2D eigenvalue weighted by Crippen LogP contribution is 2.34. The van der Waals surface area contributed by atoms with Crippen molar-refractivity contribution in [3.8, 4) is 6.07 Å². The maximum Gasteiger partial charge on any atom is 0.0869 e. The summed E-state index contributed by atoms with van der Waals surface area (Å²) in [6.07, 6.45) is 0.400. The molecule has 0 unspecified atom stereocenters. The van der Waals surface area contributed by atoms with E-state index in [-0.39, 0.29) is 0 Å². The average Bonchev–Trinajstić information content (AvgIpc) is 2.53. The summed E-state index contributed by atoms with van der Waals surface area (Å²) in [6.45, 7) is 0. The Bertz CT molecular complexity index is 522. The largest absolute Gasteiger partial charge is 0.398 e. The minimum absolute atomic E-state index is 0.400. The van der Waals surface area contributed by atoms with Gasteiger partial charge in [0.15, 0.2) is 0 Å². The van der Waals surface area contributed by atoms with Crippen LogP contribution in [0.1, 0.15) is 5.56 Å². The molecule has 14 heavy (non-hydrogen) atoms. The number of nitriles is 1. The van der Waals surface area contributed by atoms with Gasteiger partial charge in [-0.15, -0.1) is 11.3 Å². The molecule has 2 rings (SSSR count). The fourth-order valence-electron chi connectivity index (χ4n) is 1.44. The van der Waals surface area contributed by atoms with Crippen molar-refractivity contribution in [3.63, 3.8) is 0 Å². The maximum absolute atomic E-state index is 8.65. The van der Waals surface area contributed by atoms with Gasteiger partial charge in [-0.1, -0.05) is 6.07 Å². The van der Waals surface area contributed by atoms with Crippen LogP contribution < -0.4 is 11.5 Å². The van der Waals surface area contributed by atoms with Gasteiger partial charge in [-0.25, -0.2) is 0 Å². The van der Waals surface area contributed by atoms with Crippen molar-refractivity contribution < 1.29 is 0 Å². The van der Waals surface area contributed by atoms with E-state index in [1.54, 1.807) is 0 Å². The molecule has 0 amide bonds. The highest BCUT2D eigenvalue weighted by molar-refractivity contribution is 7.22. The van der Waals surface area contributed by atoms with Crippen molar-refractivity contribution in [1.29, 1.82) is 5.26 Å². The summed E-state index contributed by atoms with van der Waals surface area (Å²) < 4.78 is 1.03. The van der Waals surface area contributed by atoms with Gasteiger partial charge in [-0.05, 0) is 17.7 Å². The van der Waals surface area contributed by atoms with Gasteiger partial charge in [-0.2, -0.15) is 5.26 Å². The molecule has 0 aliphatic heterocycles. The number of nitrogens with zero attached hydrogens (tertiary/aromatic N) is 1. The first-order valence-corrected chi connectivity index (χ1v) is 4.97. The summed E-state index contributed by atoms with van der Waals surface area (Å²) in [5.41, 5.74) is 13.2. The van der Waals surface area contributed by atoms with E-state index in [2.05, 4.69) is 6.07 Å². The van der Waals surface area contributed by atoms with Crippen molar-refractivity contribution in [2.75, 3.05) is 11.5 Å². The second-order valence-corrected chi connectivity index (χ2v) is 4.12. The highest BCUT2D eigenvalue weighted by atomic mass is 32.1. The van der Waals surface area contributed by atoms with Gasteiger partial charge in [-0.3, -0.25) is 0 Å². The zero-order chi connectivity index (χ0) is 10.1. The topological polar surface area (TPSA) is 75.8 Å². The quantitative estimate of drug-likeness (QED) is 0.697. The predicted octanol–water partition coefficient (Wildman–Crippen LogP) is 2.13. The van der Waals surface area contributed by atoms with Crippen LogP contribution in [0.15, 0.2) is 18.2 Å². The van der Waals surface area contributed by atoms with Crippen LogP contribution in [0.4, 0.5) is 10.7 Å². The first-order valence-electron chi connectivity index (χ1n) is 4.15. The van der Waals surface area contributed by atoms with E-state index < -0.39 is 0 Å². The van der Waals surface area contributed by atoms with Crippen LogP contribution in [-0.4, -0.2) is 0 Å². The molecule has 0 fully saturated rings. The Balaban J connectivity index is 2.75. The molecule has 0 atom stereocenters. The summed E-state index contributed by atoms with van der Waals surface area (Å²) in [5.74, 6) is 0. The van der Waals surface area contributed by atoms with E-state index in [9.17, 15) is 0 Å². The summed E-state index contributed by atoms with van der Waals surface area (Å²) in [4.78, 5) is 0. The van der Waals surface area contributed by atoms with Gasteiger partial charge in [0, 0.05) is 15.8 Å². The second-order valence-electron chi connectivity index (χ2n) is 3.04. The van der Waals surface area contributed by atoms with Gasteiger partial charge in [0.1, 0.15) is 0 Å². The number of fused-ring (bicyclic) bond motifs is 1. The summed E-state index contributed by atoms with van der Waals surface area (Å²) >= 11 is 1.48. The van der Waals surface area contributed by atoms with Gasteiger partial charge in [0.2, 0.25) is 0 Å². The van der Waals surface area contributed by atoms with Crippen molar-refractivity contribution in [3.05, 3.63) is 23.8 Å². The molecule has 1 aromatic carbocycles. The van der Waals surface area contributed by atoms with Crippen LogP contribution in [0.3, 0.4) is 0 Å². The number of nitrogen functional groups attached to an aromatic ring is 2. The standard InChI is InChI=1S/C10H9N3S/c11-4-3-6-1-2-8(12)7-5-9(13)14-10(6)7/h1-2,5H,3,12-13H2.